The smallest absolute Gasteiger partial charge is 0.226 e. The molecule has 1 aliphatic rings. The van der Waals surface area contributed by atoms with Crippen LogP contribution in [-0.4, -0.2) is 37.7 Å². The van der Waals surface area contributed by atoms with Crippen LogP contribution in [0.3, 0.4) is 0 Å². The van der Waals surface area contributed by atoms with Crippen molar-refractivity contribution in [1.82, 2.24) is 15.6 Å². The molecule has 8 heteroatoms. The van der Waals surface area contributed by atoms with Gasteiger partial charge in [-0.2, -0.15) is 0 Å². The van der Waals surface area contributed by atoms with E-state index in [-0.39, 0.29) is 29.4 Å². The van der Waals surface area contributed by atoms with Crippen LogP contribution in [0.15, 0.2) is 70.3 Å². The minimum Gasteiger partial charge on any atom is -0.444 e. The maximum Gasteiger partial charge on any atom is 0.226 e. The highest BCUT2D eigenvalue weighted by Crippen LogP contribution is 2.35. The van der Waals surface area contributed by atoms with Crippen molar-refractivity contribution in [2.75, 3.05) is 26.8 Å². The van der Waals surface area contributed by atoms with Crippen molar-refractivity contribution in [2.45, 2.75) is 24.8 Å². The number of hydrogen-bond acceptors (Lipinski definition) is 4. The zero-order chi connectivity index (χ0) is 21.5. The summed E-state index contributed by atoms with van der Waals surface area (Å²) in [4.78, 5) is 8.94. The first-order valence-electron chi connectivity index (χ1n) is 10.5. The highest BCUT2D eigenvalue weighted by molar-refractivity contribution is 14.0. The van der Waals surface area contributed by atoms with Gasteiger partial charge in [0.25, 0.3) is 0 Å². The molecule has 1 aliphatic heterocycles. The van der Waals surface area contributed by atoms with Crippen LogP contribution in [-0.2, 0) is 16.7 Å². The second-order valence-corrected chi connectivity index (χ2v) is 8.13. The number of nitrogens with one attached hydrogen (secondary N) is 2. The molecule has 0 atom stereocenters. The molecule has 1 aromatic heterocycles. The molecule has 0 radical (unpaired) electrons. The number of guanidine groups is 1. The van der Waals surface area contributed by atoms with E-state index in [9.17, 15) is 0 Å². The molecule has 170 valence electrons. The summed E-state index contributed by atoms with van der Waals surface area (Å²) in [7, 11) is 1.77. The maximum atomic E-state index is 6.28. The molecule has 0 bridgehead atoms. The minimum atomic E-state index is -0.0465. The van der Waals surface area contributed by atoms with Crippen molar-refractivity contribution in [3.8, 4) is 11.5 Å². The number of aromatic nitrogens is 1. The van der Waals surface area contributed by atoms with Crippen molar-refractivity contribution >= 4 is 41.5 Å². The highest BCUT2D eigenvalue weighted by Gasteiger charge is 2.34. The second kappa shape index (κ2) is 11.7. The van der Waals surface area contributed by atoms with E-state index in [2.05, 4.69) is 32.7 Å². The van der Waals surface area contributed by atoms with Gasteiger partial charge < -0.3 is 19.8 Å². The van der Waals surface area contributed by atoms with Crippen molar-refractivity contribution in [3.05, 3.63) is 77.1 Å². The Morgan fingerprint density at radius 3 is 2.59 bits per heavy atom. The van der Waals surface area contributed by atoms with Crippen molar-refractivity contribution in [1.29, 1.82) is 0 Å². The van der Waals surface area contributed by atoms with E-state index >= 15 is 0 Å². The number of hydrogen-bond donors (Lipinski definition) is 2. The summed E-state index contributed by atoms with van der Waals surface area (Å²) in [5.74, 6) is 1.33. The van der Waals surface area contributed by atoms with E-state index in [0.29, 0.717) is 12.4 Å². The number of benzene rings is 2. The van der Waals surface area contributed by atoms with Crippen LogP contribution in [0.1, 0.15) is 24.1 Å². The van der Waals surface area contributed by atoms with Crippen molar-refractivity contribution < 1.29 is 9.15 Å². The number of ether oxygens (including phenoxy) is 1. The van der Waals surface area contributed by atoms with Crippen molar-refractivity contribution in [2.24, 2.45) is 4.99 Å². The molecule has 0 unspecified atom stereocenters. The van der Waals surface area contributed by atoms with Crippen LogP contribution in [0.4, 0.5) is 0 Å². The van der Waals surface area contributed by atoms with Crippen LogP contribution in [0.5, 0.6) is 0 Å². The van der Waals surface area contributed by atoms with Crippen LogP contribution in [0, 0.1) is 0 Å². The van der Waals surface area contributed by atoms with Gasteiger partial charge in [-0.3, -0.25) is 4.99 Å². The highest BCUT2D eigenvalue weighted by atomic mass is 127. The average molecular weight is 567 g/mol. The fourth-order valence-corrected chi connectivity index (χ4v) is 4.09. The molecular formula is C24H28ClIN4O2. The molecule has 0 aliphatic carbocycles. The van der Waals surface area contributed by atoms with Gasteiger partial charge in [0, 0.05) is 42.8 Å². The Bertz CT molecular complexity index is 1020. The third-order valence-electron chi connectivity index (χ3n) is 5.71. The lowest BCUT2D eigenvalue weighted by atomic mass is 9.74. The molecule has 3 aromatic rings. The Kier molecular flexibility index (Phi) is 8.95. The zero-order valence-electron chi connectivity index (χ0n) is 18.0. The number of nitrogens with zero attached hydrogens (tertiary/aromatic N) is 2. The molecule has 2 aromatic carbocycles. The van der Waals surface area contributed by atoms with Gasteiger partial charge in [-0.05, 0) is 42.7 Å². The lowest BCUT2D eigenvalue weighted by Gasteiger charge is -2.38. The maximum absolute atomic E-state index is 6.28. The van der Waals surface area contributed by atoms with E-state index in [1.54, 1.807) is 13.3 Å². The molecule has 2 heterocycles. The molecule has 0 saturated carbocycles. The lowest BCUT2D eigenvalue weighted by Crippen LogP contribution is -2.47. The SMILES string of the molecule is CN=C(NCc1coc(-c2ccccc2)n1)NCC1(c2cccc(Cl)c2)CCOCC1.I. The third kappa shape index (κ3) is 6.02. The summed E-state index contributed by atoms with van der Waals surface area (Å²) in [6.45, 7) is 2.73. The summed E-state index contributed by atoms with van der Waals surface area (Å²) < 4.78 is 11.2. The monoisotopic (exact) mass is 566 g/mol. The van der Waals surface area contributed by atoms with Gasteiger partial charge in [-0.25, -0.2) is 4.98 Å². The number of oxazole rings is 1. The molecule has 32 heavy (non-hydrogen) atoms. The fourth-order valence-electron chi connectivity index (χ4n) is 3.90. The van der Waals surface area contributed by atoms with E-state index in [0.717, 1.165) is 54.8 Å². The molecular weight excluding hydrogens is 539 g/mol. The molecule has 6 nitrogen and oxygen atoms in total. The molecule has 4 rings (SSSR count). The predicted molar refractivity (Wildman–Crippen MR) is 139 cm³/mol. The summed E-state index contributed by atoms with van der Waals surface area (Å²) in [5.41, 5.74) is 2.96. The molecule has 1 fully saturated rings. The van der Waals surface area contributed by atoms with Crippen LogP contribution in [0.2, 0.25) is 5.02 Å². The number of rotatable bonds is 6. The first-order valence-corrected chi connectivity index (χ1v) is 10.8. The van der Waals surface area contributed by atoms with E-state index < -0.39 is 0 Å². The lowest BCUT2D eigenvalue weighted by molar-refractivity contribution is 0.0514. The average Bonchev–Trinajstić information content (AvgIpc) is 3.29. The van der Waals surface area contributed by atoms with E-state index in [4.69, 9.17) is 20.8 Å². The van der Waals surface area contributed by atoms with Gasteiger partial charge in [0.15, 0.2) is 5.96 Å². The first-order chi connectivity index (χ1) is 15.2. The Balaban J connectivity index is 0.00000289. The van der Waals surface area contributed by atoms with Gasteiger partial charge in [0.2, 0.25) is 5.89 Å². The Labute approximate surface area is 210 Å². The van der Waals surface area contributed by atoms with Gasteiger partial charge in [0.1, 0.15) is 6.26 Å². The summed E-state index contributed by atoms with van der Waals surface area (Å²) in [6.07, 6.45) is 3.54. The molecule has 0 amide bonds. The molecule has 1 saturated heterocycles. The quantitative estimate of drug-likeness (QED) is 0.249. The second-order valence-electron chi connectivity index (χ2n) is 7.69. The largest absolute Gasteiger partial charge is 0.444 e. The number of aliphatic imine (C=N–C) groups is 1. The van der Waals surface area contributed by atoms with Gasteiger partial charge >= 0.3 is 0 Å². The Hall–Kier alpha value is -2.10. The normalized spacial score (nSPS) is 15.6. The molecule has 2 N–H and O–H groups in total. The predicted octanol–water partition coefficient (Wildman–Crippen LogP) is 5.03. The van der Waals surface area contributed by atoms with E-state index in [1.807, 2.05) is 42.5 Å². The zero-order valence-corrected chi connectivity index (χ0v) is 21.1. The first kappa shape index (κ1) is 24.5. The fraction of sp³-hybridized carbons (Fsp3) is 0.333. The van der Waals surface area contributed by atoms with Gasteiger partial charge in [0.05, 0.1) is 12.2 Å². The minimum absolute atomic E-state index is 0. The third-order valence-corrected chi connectivity index (χ3v) is 5.95. The van der Waals surface area contributed by atoms with Crippen LogP contribution < -0.4 is 10.6 Å². The van der Waals surface area contributed by atoms with Crippen molar-refractivity contribution in [3.63, 3.8) is 0 Å². The topological polar surface area (TPSA) is 71.7 Å². The van der Waals surface area contributed by atoms with Gasteiger partial charge in [-0.15, -0.1) is 24.0 Å². The Morgan fingerprint density at radius 2 is 1.88 bits per heavy atom. The van der Waals surface area contributed by atoms with Crippen LogP contribution >= 0.6 is 35.6 Å². The van der Waals surface area contributed by atoms with E-state index in [1.165, 1.54) is 5.56 Å². The molecule has 0 spiro atoms. The summed E-state index contributed by atoms with van der Waals surface area (Å²) in [5, 5.41) is 7.57. The Morgan fingerprint density at radius 1 is 1.09 bits per heavy atom. The van der Waals surface area contributed by atoms with Crippen LogP contribution in [0.25, 0.3) is 11.5 Å². The number of halogens is 2. The van der Waals surface area contributed by atoms with Gasteiger partial charge in [-0.1, -0.05) is 41.9 Å². The standard InChI is InChI=1S/C24H27ClN4O2.HI/c1-26-23(27-15-21-16-31-22(29-21)18-6-3-2-4-7-18)28-17-24(10-12-30-13-11-24)19-8-5-9-20(25)14-19;/h2-9,14,16H,10-13,15,17H2,1H3,(H2,26,27,28);1H. The summed E-state index contributed by atoms with van der Waals surface area (Å²) >= 11 is 6.28. The summed E-state index contributed by atoms with van der Waals surface area (Å²) in [6, 6.07) is 18.0.